The first-order valence-corrected chi connectivity index (χ1v) is 11.1. The van der Waals surface area contributed by atoms with Crippen molar-refractivity contribution < 1.29 is 14.3 Å². The predicted molar refractivity (Wildman–Crippen MR) is 118 cm³/mol. The Hall–Kier alpha value is -3.20. The van der Waals surface area contributed by atoms with Crippen LogP contribution in [0, 0.1) is 0 Å². The van der Waals surface area contributed by atoms with Crippen molar-refractivity contribution in [2.75, 3.05) is 25.4 Å². The van der Waals surface area contributed by atoms with Crippen LogP contribution in [-0.2, 0) is 11.3 Å². The van der Waals surface area contributed by atoms with Crippen LogP contribution in [0.3, 0.4) is 0 Å². The van der Waals surface area contributed by atoms with Crippen molar-refractivity contribution in [3.05, 3.63) is 70.6 Å². The van der Waals surface area contributed by atoms with E-state index in [2.05, 4.69) is 10.2 Å². The monoisotopic (exact) mass is 440 g/mol. The molecule has 4 rings (SSSR count). The molecular weight excluding hydrogens is 416 g/mol. The third kappa shape index (κ3) is 5.11. The van der Waals surface area contributed by atoms with Crippen LogP contribution < -0.4 is 15.2 Å². The number of carbonyl (C=O) groups is 1. The number of aromatic amines is 1. The van der Waals surface area contributed by atoms with Gasteiger partial charge in [0.2, 0.25) is 5.91 Å². The Balaban J connectivity index is 1.35. The lowest BCUT2D eigenvalue weighted by atomic mass is 10.2. The molecule has 8 nitrogen and oxygen atoms in total. The van der Waals surface area contributed by atoms with Crippen molar-refractivity contribution >= 4 is 17.7 Å². The van der Waals surface area contributed by atoms with Gasteiger partial charge in [0.05, 0.1) is 18.8 Å². The van der Waals surface area contributed by atoms with Gasteiger partial charge in [0, 0.05) is 6.54 Å². The number of hydrogen-bond donors (Lipinski definition) is 1. The molecule has 3 aromatic rings. The normalized spacial score (nSPS) is 14.9. The topological polar surface area (TPSA) is 89.5 Å². The van der Waals surface area contributed by atoms with Gasteiger partial charge in [0.25, 0.3) is 0 Å². The Kier molecular flexibility index (Phi) is 6.61. The molecule has 9 heteroatoms. The summed E-state index contributed by atoms with van der Waals surface area (Å²) >= 11 is 1.25. The maximum Gasteiger partial charge on any atom is 0.344 e. The highest BCUT2D eigenvalue weighted by Gasteiger charge is 2.25. The van der Waals surface area contributed by atoms with E-state index in [4.69, 9.17) is 9.47 Å². The summed E-state index contributed by atoms with van der Waals surface area (Å²) < 4.78 is 13.3. The lowest BCUT2D eigenvalue weighted by Gasteiger charge is -2.30. The second-order valence-corrected chi connectivity index (χ2v) is 8.04. The number of aromatic nitrogens is 3. The number of hydrogen-bond acceptors (Lipinski definition) is 6. The highest BCUT2D eigenvalue weighted by atomic mass is 32.2. The van der Waals surface area contributed by atoms with E-state index in [1.807, 2.05) is 61.5 Å². The maximum atomic E-state index is 12.8. The summed E-state index contributed by atoms with van der Waals surface area (Å²) in [5.41, 5.74) is 0.696. The van der Waals surface area contributed by atoms with Crippen LogP contribution in [0.1, 0.15) is 12.5 Å². The number of likely N-dealkylation sites (N-methyl/N-ethyl adjacent to an activating group) is 1. The number of fused-ring (bicyclic) bond motifs is 1. The van der Waals surface area contributed by atoms with E-state index in [1.165, 1.54) is 11.8 Å². The highest BCUT2D eigenvalue weighted by Crippen LogP contribution is 2.31. The Morgan fingerprint density at radius 1 is 1.19 bits per heavy atom. The van der Waals surface area contributed by atoms with E-state index in [0.717, 1.165) is 11.3 Å². The van der Waals surface area contributed by atoms with Gasteiger partial charge in [-0.25, -0.2) is 9.89 Å². The molecular formula is C22H24N4O4S. The smallest absolute Gasteiger partial charge is 0.344 e. The van der Waals surface area contributed by atoms with Gasteiger partial charge >= 0.3 is 5.69 Å². The molecule has 31 heavy (non-hydrogen) atoms. The number of nitrogens with one attached hydrogen (secondary N) is 1. The van der Waals surface area contributed by atoms with Crippen LogP contribution in [-0.4, -0.2) is 57.1 Å². The zero-order chi connectivity index (χ0) is 21.6. The van der Waals surface area contributed by atoms with Crippen molar-refractivity contribution in [3.8, 4) is 11.5 Å². The van der Waals surface area contributed by atoms with Crippen LogP contribution in [0.4, 0.5) is 0 Å². The molecule has 1 aliphatic heterocycles. The molecule has 0 saturated carbocycles. The molecule has 1 atom stereocenters. The number of carbonyl (C=O) groups excluding carboxylic acids is 1. The van der Waals surface area contributed by atoms with Gasteiger partial charge in [-0.15, -0.1) is 5.10 Å². The first kappa shape index (κ1) is 21.0. The van der Waals surface area contributed by atoms with Crippen molar-refractivity contribution in [3.63, 3.8) is 0 Å². The number of thioether (sulfide) groups is 1. The fourth-order valence-electron chi connectivity index (χ4n) is 3.34. The Labute approximate surface area is 184 Å². The highest BCUT2D eigenvalue weighted by molar-refractivity contribution is 7.99. The molecule has 0 bridgehead atoms. The second-order valence-electron chi connectivity index (χ2n) is 7.10. The predicted octanol–water partition coefficient (Wildman–Crippen LogP) is 2.40. The van der Waals surface area contributed by atoms with Gasteiger partial charge in [0.15, 0.2) is 22.8 Å². The van der Waals surface area contributed by atoms with Crippen molar-refractivity contribution in [1.82, 2.24) is 19.7 Å². The standard InChI is InChI=1S/C22H24N4O4S/c1-2-25(13-17-14-29-18-10-6-7-11-19(18)30-17)20(27)15-31-22-24-23-21(28)26(22)12-16-8-4-3-5-9-16/h3-11,17H,2,12-15H2,1H3,(H,23,28). The van der Waals surface area contributed by atoms with E-state index >= 15 is 0 Å². The number of H-pyrrole nitrogens is 1. The van der Waals surface area contributed by atoms with E-state index in [-0.39, 0.29) is 23.5 Å². The van der Waals surface area contributed by atoms with Crippen LogP contribution in [0.25, 0.3) is 0 Å². The number of rotatable bonds is 8. The molecule has 0 spiro atoms. The third-order valence-corrected chi connectivity index (χ3v) is 5.92. The largest absolute Gasteiger partial charge is 0.486 e. The third-order valence-electron chi connectivity index (χ3n) is 4.96. The molecule has 0 fully saturated rings. The molecule has 1 amide bonds. The number of nitrogens with zero attached hydrogens (tertiary/aromatic N) is 3. The molecule has 2 heterocycles. The first-order valence-electron chi connectivity index (χ1n) is 10.1. The van der Waals surface area contributed by atoms with Gasteiger partial charge in [-0.2, -0.15) is 0 Å². The summed E-state index contributed by atoms with van der Waals surface area (Å²) in [5.74, 6) is 1.55. The average Bonchev–Trinajstić information content (AvgIpc) is 3.15. The molecule has 1 aliphatic rings. The second kappa shape index (κ2) is 9.74. The number of amides is 1. The molecule has 1 N–H and O–H groups in total. The van der Waals surface area contributed by atoms with Gasteiger partial charge in [-0.05, 0) is 24.6 Å². The van der Waals surface area contributed by atoms with Crippen LogP contribution >= 0.6 is 11.8 Å². The molecule has 0 radical (unpaired) electrons. The summed E-state index contributed by atoms with van der Waals surface area (Å²) in [5, 5.41) is 7.05. The molecule has 2 aromatic carbocycles. The maximum absolute atomic E-state index is 12.8. The number of para-hydroxylation sites is 2. The van der Waals surface area contributed by atoms with Crippen LogP contribution in [0.2, 0.25) is 0 Å². The summed E-state index contributed by atoms with van der Waals surface area (Å²) in [4.78, 5) is 26.7. The first-order chi connectivity index (χ1) is 15.1. The minimum Gasteiger partial charge on any atom is -0.486 e. The van der Waals surface area contributed by atoms with Gasteiger partial charge < -0.3 is 14.4 Å². The van der Waals surface area contributed by atoms with E-state index < -0.39 is 0 Å². The van der Waals surface area contributed by atoms with E-state index in [9.17, 15) is 9.59 Å². The Morgan fingerprint density at radius 2 is 1.94 bits per heavy atom. The van der Waals surface area contributed by atoms with Crippen LogP contribution in [0.15, 0.2) is 64.5 Å². The number of ether oxygens (including phenoxy) is 2. The van der Waals surface area contributed by atoms with E-state index in [1.54, 1.807) is 9.47 Å². The molecule has 162 valence electrons. The molecule has 0 aliphatic carbocycles. The minimum atomic E-state index is -0.294. The quantitative estimate of drug-likeness (QED) is 0.541. The molecule has 1 aromatic heterocycles. The van der Waals surface area contributed by atoms with E-state index in [0.29, 0.717) is 37.1 Å². The summed E-state index contributed by atoms with van der Waals surface area (Å²) in [7, 11) is 0. The van der Waals surface area contributed by atoms with Crippen LogP contribution in [0.5, 0.6) is 11.5 Å². The fourth-order valence-corrected chi connectivity index (χ4v) is 4.19. The zero-order valence-electron chi connectivity index (χ0n) is 17.2. The summed E-state index contributed by atoms with van der Waals surface area (Å²) in [6.07, 6.45) is -0.231. The lowest BCUT2D eigenvalue weighted by Crippen LogP contribution is -2.44. The van der Waals surface area contributed by atoms with Gasteiger partial charge in [-0.3, -0.25) is 9.36 Å². The summed E-state index contributed by atoms with van der Waals surface area (Å²) in [6.45, 7) is 3.71. The molecule has 1 unspecified atom stereocenters. The minimum absolute atomic E-state index is 0.0448. The zero-order valence-corrected chi connectivity index (χ0v) is 18.0. The van der Waals surface area contributed by atoms with Gasteiger partial charge in [-0.1, -0.05) is 54.2 Å². The van der Waals surface area contributed by atoms with Crippen molar-refractivity contribution in [2.45, 2.75) is 24.7 Å². The summed E-state index contributed by atoms with van der Waals surface area (Å²) in [6, 6.07) is 17.2. The van der Waals surface area contributed by atoms with Crippen molar-refractivity contribution in [1.29, 1.82) is 0 Å². The molecule has 0 saturated heterocycles. The lowest BCUT2D eigenvalue weighted by molar-refractivity contribution is -0.129. The number of benzene rings is 2. The van der Waals surface area contributed by atoms with Gasteiger partial charge in [0.1, 0.15) is 6.61 Å². The SMILES string of the molecule is CCN(CC1COc2ccccc2O1)C(=O)CSc1n[nH]c(=O)n1Cc1ccccc1. The fraction of sp³-hybridized carbons (Fsp3) is 0.318. The Bertz CT molecular complexity index is 1080. The average molecular weight is 441 g/mol. The Morgan fingerprint density at radius 3 is 2.71 bits per heavy atom. The van der Waals surface area contributed by atoms with Crippen molar-refractivity contribution in [2.24, 2.45) is 0 Å².